The minimum atomic E-state index is -3.43. The Morgan fingerprint density at radius 1 is 1.40 bits per heavy atom. The highest BCUT2D eigenvalue weighted by molar-refractivity contribution is 7.99. The molecule has 0 spiro atoms. The highest BCUT2D eigenvalue weighted by atomic mass is 32.2. The Hall–Kier alpha value is -0.920. The van der Waals surface area contributed by atoms with Crippen LogP contribution in [0.2, 0.25) is 0 Å². The summed E-state index contributed by atoms with van der Waals surface area (Å²) in [5, 5.41) is 3.82. The van der Waals surface area contributed by atoms with Gasteiger partial charge in [-0.1, -0.05) is 6.92 Å². The van der Waals surface area contributed by atoms with Gasteiger partial charge in [0.15, 0.2) is 0 Å². The average molecular weight is 317 g/mol. The lowest BCUT2D eigenvalue weighted by Gasteiger charge is -2.15. The summed E-state index contributed by atoms with van der Waals surface area (Å²) in [7, 11) is -0.429. The van der Waals surface area contributed by atoms with Gasteiger partial charge < -0.3 is 11.1 Å². The first kappa shape index (κ1) is 17.1. The minimum absolute atomic E-state index is 0.211. The van der Waals surface area contributed by atoms with E-state index in [4.69, 9.17) is 5.73 Å². The number of hydrogen-bond donors (Lipinski definition) is 2. The molecule has 5 nitrogen and oxygen atoms in total. The summed E-state index contributed by atoms with van der Waals surface area (Å²) in [5.74, 6) is 0. The van der Waals surface area contributed by atoms with Crippen molar-refractivity contribution in [3.8, 4) is 0 Å². The largest absolute Gasteiger partial charge is 0.397 e. The molecule has 0 bridgehead atoms. The molecule has 1 unspecified atom stereocenters. The molecule has 1 rings (SSSR count). The van der Waals surface area contributed by atoms with E-state index in [2.05, 4.69) is 18.5 Å². The summed E-state index contributed by atoms with van der Waals surface area (Å²) in [4.78, 5) is 0.211. The number of nitrogens with zero attached hydrogens (tertiary/aromatic N) is 1. The molecule has 1 aromatic rings. The van der Waals surface area contributed by atoms with Crippen molar-refractivity contribution in [3.63, 3.8) is 0 Å². The topological polar surface area (TPSA) is 75.4 Å². The van der Waals surface area contributed by atoms with Crippen molar-refractivity contribution in [2.45, 2.75) is 23.5 Å². The monoisotopic (exact) mass is 317 g/mol. The van der Waals surface area contributed by atoms with Crippen LogP contribution in [0.15, 0.2) is 23.1 Å². The van der Waals surface area contributed by atoms with E-state index in [1.165, 1.54) is 24.5 Å². The fourth-order valence-electron chi connectivity index (χ4n) is 1.60. The molecular weight excluding hydrogens is 294 g/mol. The maximum atomic E-state index is 12.0. The van der Waals surface area contributed by atoms with Gasteiger partial charge in [-0.25, -0.2) is 12.7 Å². The van der Waals surface area contributed by atoms with Gasteiger partial charge in [0.1, 0.15) is 0 Å². The van der Waals surface area contributed by atoms with Crippen LogP contribution in [0, 0.1) is 0 Å². The van der Waals surface area contributed by atoms with Crippen molar-refractivity contribution in [2.24, 2.45) is 0 Å². The Balaban J connectivity index is 2.79. The molecule has 0 aromatic heterocycles. The third-order valence-corrected chi connectivity index (χ3v) is 5.92. The number of nitrogens with one attached hydrogen (secondary N) is 1. The van der Waals surface area contributed by atoms with Crippen LogP contribution in [-0.2, 0) is 10.0 Å². The number of thioether (sulfide) groups is 1. The van der Waals surface area contributed by atoms with Crippen LogP contribution in [0.1, 0.15) is 13.3 Å². The molecule has 0 saturated heterocycles. The fraction of sp³-hybridized carbons (Fsp3) is 0.538. The molecule has 0 fully saturated rings. The Kier molecular flexibility index (Phi) is 6.16. The van der Waals surface area contributed by atoms with E-state index in [0.29, 0.717) is 10.9 Å². The first-order valence-electron chi connectivity index (χ1n) is 6.37. The quantitative estimate of drug-likeness (QED) is 0.753. The standard InChI is InChI=1S/C13H23N3O2S2/c1-10(19-4)7-8-15-13-6-5-11(9-12(13)14)20(17,18)16(2)3/h5-6,9-10,15H,7-8,14H2,1-4H3. The van der Waals surface area contributed by atoms with Crippen molar-refractivity contribution < 1.29 is 8.42 Å². The normalized spacial score (nSPS) is 13.4. The SMILES string of the molecule is CSC(C)CCNc1ccc(S(=O)(=O)N(C)C)cc1N. The molecule has 0 saturated carbocycles. The number of nitrogens with two attached hydrogens (primary N) is 1. The van der Waals surface area contributed by atoms with E-state index < -0.39 is 10.0 Å². The highest BCUT2D eigenvalue weighted by Crippen LogP contribution is 2.24. The third-order valence-electron chi connectivity index (χ3n) is 3.07. The van der Waals surface area contributed by atoms with Crippen molar-refractivity contribution >= 4 is 33.2 Å². The van der Waals surface area contributed by atoms with Gasteiger partial charge in [0.05, 0.1) is 16.3 Å². The van der Waals surface area contributed by atoms with Gasteiger partial charge >= 0.3 is 0 Å². The lowest BCUT2D eigenvalue weighted by molar-refractivity contribution is 0.521. The van der Waals surface area contributed by atoms with Gasteiger partial charge in [-0.3, -0.25) is 0 Å². The summed E-state index contributed by atoms with van der Waals surface area (Å²) in [5.41, 5.74) is 7.14. The number of hydrogen-bond acceptors (Lipinski definition) is 5. The number of anilines is 2. The molecule has 7 heteroatoms. The maximum Gasteiger partial charge on any atom is 0.242 e. The van der Waals surface area contributed by atoms with Gasteiger partial charge in [-0.05, 0) is 30.9 Å². The van der Waals surface area contributed by atoms with Gasteiger partial charge in [-0.2, -0.15) is 11.8 Å². The second kappa shape index (κ2) is 7.19. The molecule has 0 heterocycles. The molecule has 20 heavy (non-hydrogen) atoms. The molecule has 0 aliphatic rings. The Morgan fingerprint density at radius 2 is 2.05 bits per heavy atom. The van der Waals surface area contributed by atoms with E-state index in [-0.39, 0.29) is 4.90 Å². The fourth-order valence-corrected chi connectivity index (χ4v) is 2.89. The Morgan fingerprint density at radius 3 is 2.55 bits per heavy atom. The van der Waals surface area contributed by atoms with Crippen molar-refractivity contribution in [1.29, 1.82) is 0 Å². The van der Waals surface area contributed by atoms with Crippen LogP contribution in [0.4, 0.5) is 11.4 Å². The smallest absolute Gasteiger partial charge is 0.242 e. The van der Waals surface area contributed by atoms with E-state index in [1.807, 2.05) is 11.8 Å². The van der Waals surface area contributed by atoms with E-state index in [1.54, 1.807) is 12.1 Å². The molecule has 1 aromatic carbocycles. The zero-order valence-corrected chi connectivity index (χ0v) is 14.0. The van der Waals surface area contributed by atoms with Crippen LogP contribution >= 0.6 is 11.8 Å². The van der Waals surface area contributed by atoms with Crippen LogP contribution in [0.5, 0.6) is 0 Å². The van der Waals surface area contributed by atoms with Gasteiger partial charge in [0.25, 0.3) is 0 Å². The number of rotatable bonds is 7. The van der Waals surface area contributed by atoms with Gasteiger partial charge in [-0.15, -0.1) is 0 Å². The number of benzene rings is 1. The Bertz CT molecular complexity index is 545. The Labute approximate surface area is 126 Å². The number of sulfonamides is 1. The predicted octanol–water partition coefficient (Wildman–Crippen LogP) is 2.07. The molecule has 0 aliphatic heterocycles. The van der Waals surface area contributed by atoms with Crippen LogP contribution in [0.3, 0.4) is 0 Å². The van der Waals surface area contributed by atoms with Crippen LogP contribution in [-0.4, -0.2) is 44.9 Å². The van der Waals surface area contributed by atoms with Crippen molar-refractivity contribution in [3.05, 3.63) is 18.2 Å². The lowest BCUT2D eigenvalue weighted by atomic mass is 10.2. The lowest BCUT2D eigenvalue weighted by Crippen LogP contribution is -2.22. The van der Waals surface area contributed by atoms with Gasteiger partial charge in [0.2, 0.25) is 10.0 Å². The van der Waals surface area contributed by atoms with Crippen LogP contribution < -0.4 is 11.1 Å². The van der Waals surface area contributed by atoms with E-state index >= 15 is 0 Å². The zero-order valence-electron chi connectivity index (χ0n) is 12.4. The third kappa shape index (κ3) is 4.29. The second-order valence-corrected chi connectivity index (χ2v) is 8.23. The summed E-state index contributed by atoms with van der Waals surface area (Å²) in [6.07, 6.45) is 3.11. The molecular formula is C13H23N3O2S2. The maximum absolute atomic E-state index is 12.0. The molecule has 0 aliphatic carbocycles. The van der Waals surface area contributed by atoms with Gasteiger partial charge in [0, 0.05) is 25.9 Å². The second-order valence-electron chi connectivity index (χ2n) is 4.80. The highest BCUT2D eigenvalue weighted by Gasteiger charge is 2.17. The van der Waals surface area contributed by atoms with Crippen LogP contribution in [0.25, 0.3) is 0 Å². The molecule has 1 atom stereocenters. The van der Waals surface area contributed by atoms with E-state index in [9.17, 15) is 8.42 Å². The summed E-state index contributed by atoms with van der Waals surface area (Å²) < 4.78 is 25.1. The first-order chi connectivity index (χ1) is 9.28. The molecule has 0 amide bonds. The van der Waals surface area contributed by atoms with Crippen molar-refractivity contribution in [1.82, 2.24) is 4.31 Å². The average Bonchev–Trinajstić information content (AvgIpc) is 2.39. The zero-order chi connectivity index (χ0) is 15.3. The number of nitrogen functional groups attached to an aromatic ring is 1. The first-order valence-corrected chi connectivity index (χ1v) is 9.10. The summed E-state index contributed by atoms with van der Waals surface area (Å²) in [6, 6.07) is 4.79. The molecule has 3 N–H and O–H groups in total. The summed E-state index contributed by atoms with van der Waals surface area (Å²) in [6.45, 7) is 2.98. The van der Waals surface area contributed by atoms with E-state index in [0.717, 1.165) is 18.7 Å². The molecule has 0 radical (unpaired) electrons. The predicted molar refractivity (Wildman–Crippen MR) is 87.8 cm³/mol. The molecule has 114 valence electrons. The van der Waals surface area contributed by atoms with Crippen molar-refractivity contribution in [2.75, 3.05) is 37.9 Å². The summed E-state index contributed by atoms with van der Waals surface area (Å²) >= 11 is 1.82. The minimum Gasteiger partial charge on any atom is -0.397 e.